The van der Waals surface area contributed by atoms with Crippen molar-refractivity contribution in [1.82, 2.24) is 9.97 Å². The first-order valence-electron chi connectivity index (χ1n) is 13.3. The molecule has 0 saturated carbocycles. The maximum Gasteiger partial charge on any atom is 0.161 e. The molecular weight excluding hydrogens is 506 g/mol. The van der Waals surface area contributed by atoms with E-state index in [1.54, 1.807) is 11.8 Å². The van der Waals surface area contributed by atoms with Crippen molar-refractivity contribution in [2.45, 2.75) is 29.1 Å². The molecule has 3 nitrogen and oxygen atoms in total. The molecule has 0 N–H and O–H groups in total. The molecule has 0 amide bonds. The standard InChI is InChI=1S/C36H25N3S/c1-36(2)29-16-7-9-18-32(29)40-33-20-26(22-37)28(21-30(33)36)35-38-31-17-8-6-15-27(31)34(39-35)25-14-10-13-24(19-25)23-11-4-3-5-12-23/h3-21H,1-2H3. The molecule has 0 aliphatic carbocycles. The summed E-state index contributed by atoms with van der Waals surface area (Å²) >= 11 is 1.73. The second-order valence-corrected chi connectivity index (χ2v) is 11.7. The van der Waals surface area contributed by atoms with E-state index in [0.29, 0.717) is 11.4 Å². The molecule has 0 atom stereocenters. The van der Waals surface area contributed by atoms with Crippen LogP contribution in [0.15, 0.2) is 125 Å². The highest BCUT2D eigenvalue weighted by Crippen LogP contribution is 2.50. The molecular formula is C36H25N3S. The lowest BCUT2D eigenvalue weighted by Crippen LogP contribution is -2.24. The van der Waals surface area contributed by atoms with Gasteiger partial charge in [-0.25, -0.2) is 9.97 Å². The molecule has 0 unspecified atom stereocenters. The van der Waals surface area contributed by atoms with Gasteiger partial charge in [-0.05, 0) is 52.6 Å². The van der Waals surface area contributed by atoms with Crippen molar-refractivity contribution in [2.75, 3.05) is 0 Å². The van der Waals surface area contributed by atoms with E-state index in [2.05, 4.69) is 105 Å². The van der Waals surface area contributed by atoms with E-state index in [9.17, 15) is 5.26 Å². The van der Waals surface area contributed by atoms with E-state index in [-0.39, 0.29) is 5.41 Å². The SMILES string of the molecule is CC1(C)c2ccccc2Sc2cc(C#N)c(-c3nc(-c4cccc(-c5ccccc5)c4)c4ccccc4n3)cc21. The van der Waals surface area contributed by atoms with Crippen molar-refractivity contribution in [3.63, 3.8) is 0 Å². The van der Waals surface area contributed by atoms with Crippen molar-refractivity contribution in [2.24, 2.45) is 0 Å². The Morgan fingerprint density at radius 3 is 2.23 bits per heavy atom. The van der Waals surface area contributed by atoms with Crippen molar-refractivity contribution in [1.29, 1.82) is 5.26 Å². The first-order chi connectivity index (χ1) is 19.5. The third-order valence-electron chi connectivity index (χ3n) is 7.78. The molecule has 5 aromatic carbocycles. The van der Waals surface area contributed by atoms with Crippen molar-refractivity contribution >= 4 is 22.7 Å². The zero-order chi connectivity index (χ0) is 27.3. The summed E-state index contributed by atoms with van der Waals surface area (Å²) in [5, 5.41) is 11.2. The third kappa shape index (κ3) is 3.99. The van der Waals surface area contributed by atoms with Gasteiger partial charge in [-0.15, -0.1) is 0 Å². The van der Waals surface area contributed by atoms with Crippen LogP contribution in [0.3, 0.4) is 0 Å². The minimum Gasteiger partial charge on any atom is -0.228 e. The van der Waals surface area contributed by atoms with E-state index in [1.807, 2.05) is 30.3 Å². The molecule has 0 saturated heterocycles. The van der Waals surface area contributed by atoms with Crippen LogP contribution >= 0.6 is 11.8 Å². The van der Waals surface area contributed by atoms with E-state index in [0.717, 1.165) is 43.7 Å². The third-order valence-corrected chi connectivity index (χ3v) is 8.91. The fourth-order valence-corrected chi connectivity index (χ4v) is 7.08. The molecule has 0 spiro atoms. The summed E-state index contributed by atoms with van der Waals surface area (Å²) in [7, 11) is 0. The maximum absolute atomic E-state index is 10.3. The number of rotatable bonds is 3. The normalized spacial score (nSPS) is 13.3. The molecule has 190 valence electrons. The van der Waals surface area contributed by atoms with Gasteiger partial charge in [0.15, 0.2) is 5.82 Å². The minimum absolute atomic E-state index is 0.219. The van der Waals surface area contributed by atoms with E-state index in [1.165, 1.54) is 16.0 Å². The van der Waals surface area contributed by atoms with Gasteiger partial charge in [-0.2, -0.15) is 5.26 Å². The molecule has 1 aromatic heterocycles. The number of hydrogen-bond donors (Lipinski definition) is 0. The van der Waals surface area contributed by atoms with Crippen molar-refractivity contribution in [3.05, 3.63) is 132 Å². The fourth-order valence-electron chi connectivity index (χ4n) is 5.66. The highest BCUT2D eigenvalue weighted by Gasteiger charge is 2.34. The predicted molar refractivity (Wildman–Crippen MR) is 163 cm³/mol. The lowest BCUT2D eigenvalue weighted by atomic mass is 9.76. The number of fused-ring (bicyclic) bond motifs is 3. The average molecular weight is 532 g/mol. The number of para-hydroxylation sites is 1. The molecule has 1 aliphatic heterocycles. The zero-order valence-electron chi connectivity index (χ0n) is 22.2. The van der Waals surface area contributed by atoms with Crippen LogP contribution in [0.2, 0.25) is 0 Å². The van der Waals surface area contributed by atoms with E-state index in [4.69, 9.17) is 9.97 Å². The summed E-state index contributed by atoms with van der Waals surface area (Å²) in [4.78, 5) is 12.5. The highest BCUT2D eigenvalue weighted by atomic mass is 32.2. The molecule has 40 heavy (non-hydrogen) atoms. The van der Waals surface area contributed by atoms with Gasteiger partial charge >= 0.3 is 0 Å². The smallest absolute Gasteiger partial charge is 0.161 e. The first kappa shape index (κ1) is 24.3. The van der Waals surface area contributed by atoms with E-state index >= 15 is 0 Å². The number of nitrogens with zero attached hydrogens (tertiary/aromatic N) is 3. The monoisotopic (exact) mass is 531 g/mol. The molecule has 7 rings (SSSR count). The van der Waals surface area contributed by atoms with Crippen LogP contribution in [-0.4, -0.2) is 9.97 Å². The second kappa shape index (κ2) is 9.48. The Hall–Kier alpha value is -4.72. The fraction of sp³-hybridized carbons (Fsp3) is 0.0833. The molecule has 0 fully saturated rings. The highest BCUT2D eigenvalue weighted by molar-refractivity contribution is 7.99. The summed E-state index contributed by atoms with van der Waals surface area (Å²) in [5.74, 6) is 0.567. The first-order valence-corrected chi connectivity index (χ1v) is 14.1. The van der Waals surface area contributed by atoms with Gasteiger partial charge in [0, 0.05) is 31.7 Å². The van der Waals surface area contributed by atoms with E-state index < -0.39 is 0 Å². The van der Waals surface area contributed by atoms with Gasteiger partial charge in [0.25, 0.3) is 0 Å². The number of hydrogen-bond acceptors (Lipinski definition) is 4. The largest absolute Gasteiger partial charge is 0.228 e. The number of aromatic nitrogens is 2. The molecule has 0 radical (unpaired) electrons. The van der Waals surface area contributed by atoms with Gasteiger partial charge in [0.2, 0.25) is 0 Å². The van der Waals surface area contributed by atoms with Crippen LogP contribution in [0.5, 0.6) is 0 Å². The Kier molecular flexibility index (Phi) is 5.77. The quantitative estimate of drug-likeness (QED) is 0.228. The van der Waals surface area contributed by atoms with Crippen molar-refractivity contribution < 1.29 is 0 Å². The minimum atomic E-state index is -0.219. The summed E-state index contributed by atoms with van der Waals surface area (Å²) < 4.78 is 0. The summed E-state index contributed by atoms with van der Waals surface area (Å²) in [6.45, 7) is 4.50. The van der Waals surface area contributed by atoms with Crippen LogP contribution < -0.4 is 0 Å². The van der Waals surface area contributed by atoms with Gasteiger partial charge in [-0.1, -0.05) is 111 Å². The van der Waals surface area contributed by atoms with Crippen LogP contribution in [0.25, 0.3) is 44.7 Å². The van der Waals surface area contributed by atoms with Crippen LogP contribution in [-0.2, 0) is 5.41 Å². The zero-order valence-corrected chi connectivity index (χ0v) is 23.0. The van der Waals surface area contributed by atoms with Crippen molar-refractivity contribution in [3.8, 4) is 39.8 Å². The Morgan fingerprint density at radius 2 is 1.38 bits per heavy atom. The molecule has 0 bridgehead atoms. The Bertz CT molecular complexity index is 1970. The molecule has 6 aromatic rings. The van der Waals surface area contributed by atoms with Crippen LogP contribution in [0.1, 0.15) is 30.5 Å². The maximum atomic E-state index is 10.3. The topological polar surface area (TPSA) is 49.6 Å². The summed E-state index contributed by atoms with van der Waals surface area (Å²) in [5.41, 5.74) is 8.63. The average Bonchev–Trinajstić information content (AvgIpc) is 3.00. The van der Waals surface area contributed by atoms with Gasteiger partial charge in [0.05, 0.1) is 22.8 Å². The van der Waals surface area contributed by atoms with Gasteiger partial charge in [-0.3, -0.25) is 0 Å². The summed E-state index contributed by atoms with van der Waals surface area (Å²) in [6.07, 6.45) is 0. The van der Waals surface area contributed by atoms with Gasteiger partial charge in [0.1, 0.15) is 0 Å². The second-order valence-electron chi connectivity index (χ2n) is 10.6. The molecule has 4 heteroatoms. The lowest BCUT2D eigenvalue weighted by molar-refractivity contribution is 0.607. The Labute approximate surface area is 238 Å². The Balaban J connectivity index is 1.44. The predicted octanol–water partition coefficient (Wildman–Crippen LogP) is 9.29. The molecule has 2 heterocycles. The van der Waals surface area contributed by atoms with Crippen LogP contribution in [0, 0.1) is 11.3 Å². The lowest BCUT2D eigenvalue weighted by Gasteiger charge is -2.35. The number of nitriles is 1. The molecule has 1 aliphatic rings. The van der Waals surface area contributed by atoms with Gasteiger partial charge < -0.3 is 0 Å². The van der Waals surface area contributed by atoms with Crippen LogP contribution in [0.4, 0.5) is 0 Å². The Morgan fingerprint density at radius 1 is 0.650 bits per heavy atom. The number of benzene rings is 5. The summed E-state index contributed by atoms with van der Waals surface area (Å²) in [6, 6.07) is 42.1.